The van der Waals surface area contributed by atoms with Gasteiger partial charge in [-0.05, 0) is 68.0 Å². The zero-order chi connectivity index (χ0) is 24.5. The van der Waals surface area contributed by atoms with E-state index in [-0.39, 0.29) is 6.17 Å². The van der Waals surface area contributed by atoms with Crippen LogP contribution in [0.5, 0.6) is 5.75 Å². The Labute approximate surface area is 211 Å². The van der Waals surface area contributed by atoms with E-state index < -0.39 is 0 Å². The first-order valence-electron chi connectivity index (χ1n) is 13.3. The lowest BCUT2D eigenvalue weighted by atomic mass is 9.94. The zero-order valence-electron chi connectivity index (χ0n) is 20.6. The lowest BCUT2D eigenvalue weighted by Crippen LogP contribution is -2.53. The number of likely N-dealkylation sites (tertiary alicyclic amines) is 1. The second kappa shape index (κ2) is 9.93. The van der Waals surface area contributed by atoms with Crippen molar-refractivity contribution in [2.75, 3.05) is 42.9 Å². The zero-order valence-corrected chi connectivity index (χ0v) is 20.6. The molecule has 1 unspecified atom stereocenters. The molecule has 2 aliphatic heterocycles. The molecule has 3 heterocycles. The highest BCUT2D eigenvalue weighted by Crippen LogP contribution is 2.41. The molecule has 3 fully saturated rings. The number of anilines is 3. The number of nitrogens with zero attached hydrogens (tertiary/aromatic N) is 5. The van der Waals surface area contributed by atoms with Crippen molar-refractivity contribution >= 4 is 34.6 Å². The molecule has 2 N–H and O–H groups in total. The van der Waals surface area contributed by atoms with Crippen LogP contribution in [0.4, 0.5) is 17.3 Å². The van der Waals surface area contributed by atoms with Gasteiger partial charge in [-0.15, -0.1) is 0 Å². The maximum Gasteiger partial charge on any atom is 0.227 e. The van der Waals surface area contributed by atoms with Crippen LogP contribution in [0.2, 0.25) is 0 Å². The minimum Gasteiger partial charge on any atom is -0.508 e. The number of benzene rings is 2. The third-order valence-corrected chi connectivity index (χ3v) is 8.15. The number of nitrogens with one attached hydrogen (secondary N) is 1. The van der Waals surface area contributed by atoms with Crippen LogP contribution in [0.15, 0.2) is 42.6 Å². The van der Waals surface area contributed by atoms with Gasteiger partial charge in [0.05, 0.1) is 11.7 Å². The second-order valence-electron chi connectivity index (χ2n) is 10.3. The van der Waals surface area contributed by atoms with Gasteiger partial charge in [-0.1, -0.05) is 12.8 Å². The van der Waals surface area contributed by atoms with E-state index in [4.69, 9.17) is 4.98 Å². The summed E-state index contributed by atoms with van der Waals surface area (Å²) in [5, 5.41) is 14.9. The van der Waals surface area contributed by atoms with Crippen LogP contribution in [0.1, 0.15) is 50.0 Å². The Morgan fingerprint density at radius 3 is 2.44 bits per heavy atom. The van der Waals surface area contributed by atoms with Gasteiger partial charge >= 0.3 is 0 Å². The molecule has 1 amide bonds. The number of aromatic nitrogens is 2. The highest BCUT2D eigenvalue weighted by atomic mass is 16.3. The van der Waals surface area contributed by atoms with Crippen molar-refractivity contribution in [2.24, 2.45) is 0 Å². The number of fused-ring (bicyclic) bond motifs is 1. The molecule has 0 spiro atoms. The van der Waals surface area contributed by atoms with Crippen LogP contribution in [-0.2, 0) is 4.79 Å². The molecule has 3 aromatic rings. The van der Waals surface area contributed by atoms with Crippen LogP contribution >= 0.6 is 0 Å². The van der Waals surface area contributed by atoms with Crippen LogP contribution < -0.4 is 10.2 Å². The van der Waals surface area contributed by atoms with Gasteiger partial charge in [-0.2, -0.15) is 0 Å². The maximum absolute atomic E-state index is 11.3. The normalized spacial score (nSPS) is 21.4. The van der Waals surface area contributed by atoms with Gasteiger partial charge in [0.1, 0.15) is 5.75 Å². The van der Waals surface area contributed by atoms with Gasteiger partial charge < -0.3 is 20.2 Å². The molecule has 36 heavy (non-hydrogen) atoms. The number of phenolic OH excluding ortho intramolecular Hbond substituents is 1. The first-order valence-corrected chi connectivity index (χ1v) is 13.3. The van der Waals surface area contributed by atoms with Gasteiger partial charge in [0, 0.05) is 61.2 Å². The monoisotopic (exact) mass is 486 g/mol. The third kappa shape index (κ3) is 4.46. The summed E-state index contributed by atoms with van der Waals surface area (Å²) >= 11 is 0. The SMILES string of the molecule is O=CN1CCCC1N1CCN(c2ccc(Nc3ncc4ccc(O)c(C5CCCC5)c4n3)cc2)CC1. The fraction of sp³-hybridized carbons (Fsp3) is 0.464. The number of hydrogen-bond acceptors (Lipinski definition) is 7. The molecule has 188 valence electrons. The van der Waals surface area contributed by atoms with Crippen molar-refractivity contribution in [1.82, 2.24) is 19.8 Å². The van der Waals surface area contributed by atoms with E-state index in [1.165, 1.54) is 18.5 Å². The summed E-state index contributed by atoms with van der Waals surface area (Å²) in [6.45, 7) is 4.73. The molecule has 6 rings (SSSR count). The number of phenols is 1. The number of aromatic hydroxyl groups is 1. The minimum absolute atomic E-state index is 0.272. The largest absolute Gasteiger partial charge is 0.508 e. The van der Waals surface area contributed by atoms with Crippen molar-refractivity contribution in [2.45, 2.75) is 50.6 Å². The molecule has 1 aliphatic carbocycles. The third-order valence-electron chi connectivity index (χ3n) is 8.15. The summed E-state index contributed by atoms with van der Waals surface area (Å²) in [6.07, 6.45) is 9.91. The van der Waals surface area contributed by atoms with E-state index in [0.29, 0.717) is 17.6 Å². The van der Waals surface area contributed by atoms with Crippen molar-refractivity contribution in [3.05, 3.63) is 48.2 Å². The number of carbonyl (C=O) groups excluding carboxylic acids is 1. The number of piperazine rings is 1. The van der Waals surface area contributed by atoms with Gasteiger partial charge in [0.25, 0.3) is 0 Å². The van der Waals surface area contributed by atoms with Crippen LogP contribution in [-0.4, -0.2) is 70.2 Å². The highest BCUT2D eigenvalue weighted by Gasteiger charge is 2.31. The molecule has 0 bridgehead atoms. The van der Waals surface area contributed by atoms with E-state index in [0.717, 1.165) is 87.0 Å². The van der Waals surface area contributed by atoms with Crippen LogP contribution in [0.25, 0.3) is 10.9 Å². The van der Waals surface area contributed by atoms with Crippen molar-refractivity contribution < 1.29 is 9.90 Å². The molecule has 2 aromatic carbocycles. The van der Waals surface area contributed by atoms with Crippen molar-refractivity contribution in [3.8, 4) is 5.75 Å². The summed E-state index contributed by atoms with van der Waals surface area (Å²) in [5.74, 6) is 1.26. The molecular weight excluding hydrogens is 452 g/mol. The fourth-order valence-electron chi connectivity index (χ4n) is 6.24. The van der Waals surface area contributed by atoms with Crippen molar-refractivity contribution in [3.63, 3.8) is 0 Å². The standard InChI is InChI=1S/C28H34N6O2/c35-19-34-13-3-6-25(34)33-16-14-32(15-17-33)23-10-8-22(9-11-23)30-28-29-18-21-7-12-24(36)26(27(21)31-28)20-4-1-2-5-20/h7-12,18-20,25,36H,1-6,13-17H2,(H,29,30,31). The maximum atomic E-state index is 11.3. The van der Waals surface area contributed by atoms with E-state index in [1.54, 1.807) is 6.07 Å². The van der Waals surface area contributed by atoms with Crippen molar-refractivity contribution in [1.29, 1.82) is 0 Å². The Hall–Kier alpha value is -3.39. The Kier molecular flexibility index (Phi) is 6.35. The Balaban J connectivity index is 1.13. The smallest absolute Gasteiger partial charge is 0.227 e. The van der Waals surface area contributed by atoms with E-state index in [9.17, 15) is 9.90 Å². The molecule has 8 heteroatoms. The summed E-state index contributed by atoms with van der Waals surface area (Å²) in [4.78, 5) is 27.5. The van der Waals surface area contributed by atoms with E-state index in [2.05, 4.69) is 44.4 Å². The fourth-order valence-corrected chi connectivity index (χ4v) is 6.24. The molecule has 1 aromatic heterocycles. The molecule has 8 nitrogen and oxygen atoms in total. The lowest BCUT2D eigenvalue weighted by Gasteiger charge is -2.41. The number of carbonyl (C=O) groups is 1. The topological polar surface area (TPSA) is 84.8 Å². The predicted octanol–water partition coefficient (Wildman–Crippen LogP) is 4.44. The van der Waals surface area contributed by atoms with Crippen LogP contribution in [0.3, 0.4) is 0 Å². The predicted molar refractivity (Wildman–Crippen MR) is 142 cm³/mol. The van der Waals surface area contributed by atoms with E-state index in [1.807, 2.05) is 17.2 Å². The second-order valence-corrected chi connectivity index (χ2v) is 10.3. The molecule has 1 atom stereocenters. The average molecular weight is 487 g/mol. The van der Waals surface area contributed by atoms with E-state index >= 15 is 0 Å². The summed E-state index contributed by atoms with van der Waals surface area (Å²) < 4.78 is 0. The summed E-state index contributed by atoms with van der Waals surface area (Å²) in [5.41, 5.74) is 3.96. The van der Waals surface area contributed by atoms with Gasteiger partial charge in [-0.25, -0.2) is 9.97 Å². The Bertz CT molecular complexity index is 1220. The molecule has 0 radical (unpaired) electrons. The van der Waals surface area contributed by atoms with Gasteiger partial charge in [0.2, 0.25) is 12.4 Å². The number of amides is 1. The summed E-state index contributed by atoms with van der Waals surface area (Å²) in [7, 11) is 0. The van der Waals surface area contributed by atoms with Gasteiger partial charge in [-0.3, -0.25) is 9.69 Å². The molecular formula is C28H34N6O2. The minimum atomic E-state index is 0.272. The number of hydrogen-bond donors (Lipinski definition) is 2. The summed E-state index contributed by atoms with van der Waals surface area (Å²) in [6, 6.07) is 12.1. The highest BCUT2D eigenvalue weighted by molar-refractivity contribution is 5.85. The lowest BCUT2D eigenvalue weighted by molar-refractivity contribution is -0.122. The first kappa shape index (κ1) is 23.0. The Morgan fingerprint density at radius 2 is 1.69 bits per heavy atom. The number of rotatable bonds is 6. The quantitative estimate of drug-likeness (QED) is 0.499. The average Bonchev–Trinajstić information content (AvgIpc) is 3.62. The molecule has 2 saturated heterocycles. The Morgan fingerprint density at radius 1 is 0.917 bits per heavy atom. The van der Waals surface area contributed by atoms with Gasteiger partial charge in [0.15, 0.2) is 0 Å². The molecule has 3 aliphatic rings. The van der Waals surface area contributed by atoms with Crippen LogP contribution in [0, 0.1) is 0 Å². The molecule has 1 saturated carbocycles. The first-order chi connectivity index (χ1) is 17.7.